The molecule has 3 heterocycles. The summed E-state index contributed by atoms with van der Waals surface area (Å²) in [4.78, 5) is 54.3. The van der Waals surface area contributed by atoms with Crippen LogP contribution in [0.3, 0.4) is 0 Å². The molecule has 0 bridgehead atoms. The fourth-order valence-electron chi connectivity index (χ4n) is 5.22. The quantitative estimate of drug-likeness (QED) is 0.617. The summed E-state index contributed by atoms with van der Waals surface area (Å²) in [6.45, 7) is 9.04. The summed E-state index contributed by atoms with van der Waals surface area (Å²) in [5, 5.41) is 15.3. The van der Waals surface area contributed by atoms with E-state index < -0.39 is 40.7 Å². The van der Waals surface area contributed by atoms with Crippen LogP contribution < -0.4 is 16.2 Å². The second-order valence-electron chi connectivity index (χ2n) is 11.3. The molecule has 200 valence electrons. The van der Waals surface area contributed by atoms with Gasteiger partial charge in [-0.05, 0) is 56.9 Å². The van der Waals surface area contributed by atoms with Crippen LogP contribution in [0.2, 0.25) is 0 Å². The monoisotopic (exact) mass is 519 g/mol. The lowest BCUT2D eigenvalue weighted by Gasteiger charge is -2.29. The van der Waals surface area contributed by atoms with Gasteiger partial charge >= 0.3 is 6.09 Å². The predicted molar refractivity (Wildman–Crippen MR) is 142 cm³/mol. The van der Waals surface area contributed by atoms with Gasteiger partial charge in [-0.15, -0.1) is 0 Å². The van der Waals surface area contributed by atoms with Crippen molar-refractivity contribution in [1.29, 1.82) is 5.26 Å². The third-order valence-electron chi connectivity index (χ3n) is 6.84. The molecule has 3 atom stereocenters. The maximum Gasteiger partial charge on any atom is 0.412 e. The van der Waals surface area contributed by atoms with Crippen molar-refractivity contribution >= 4 is 29.3 Å². The lowest BCUT2D eigenvalue weighted by Crippen LogP contribution is -2.45. The van der Waals surface area contributed by atoms with Gasteiger partial charge in [0, 0.05) is 24.8 Å². The summed E-state index contributed by atoms with van der Waals surface area (Å²) < 4.78 is 6.55. The van der Waals surface area contributed by atoms with Gasteiger partial charge in [-0.3, -0.25) is 19.7 Å². The van der Waals surface area contributed by atoms with Crippen molar-refractivity contribution in [3.8, 4) is 6.07 Å². The number of carbonyl (C=O) groups excluding carboxylic acids is 3. The number of fused-ring (bicyclic) bond motifs is 2. The molecule has 3 amide bonds. The Kier molecular flexibility index (Phi) is 7.06. The van der Waals surface area contributed by atoms with Gasteiger partial charge in [0.05, 0.1) is 11.5 Å². The first-order chi connectivity index (χ1) is 17.9. The van der Waals surface area contributed by atoms with E-state index in [-0.39, 0.29) is 30.5 Å². The van der Waals surface area contributed by atoms with Gasteiger partial charge in [-0.25, -0.2) is 4.79 Å². The third kappa shape index (κ3) is 5.01. The first kappa shape index (κ1) is 26.9. The zero-order valence-corrected chi connectivity index (χ0v) is 22.3. The van der Waals surface area contributed by atoms with Crippen LogP contribution in [0, 0.1) is 17.2 Å². The van der Waals surface area contributed by atoms with Gasteiger partial charge in [0.1, 0.15) is 23.4 Å². The molecule has 10 heteroatoms. The number of carbonyl (C=O) groups is 3. The van der Waals surface area contributed by atoms with Crippen molar-refractivity contribution in [2.45, 2.75) is 70.6 Å². The maximum absolute atomic E-state index is 14.1. The molecule has 2 aromatic rings. The standard InChI is InChI=1S/C28H33N5O5/c1-17(2)13-22(32-12-8-11-21(23(32)34)31-26(37)38-27(3,4)5)24(35)33-16-28(14-18(33)15-29)19-9-6-7-10-20(19)30-25(28)36/h6-12,17-18,22H,13-14,16H2,1-5H3,(H,30,36)(H,31,37)/t18-,22?,28-/m0/s1. The number of rotatable bonds is 5. The van der Waals surface area contributed by atoms with E-state index >= 15 is 0 Å². The second kappa shape index (κ2) is 9.97. The molecule has 1 fully saturated rings. The molecule has 2 N–H and O–H groups in total. The summed E-state index contributed by atoms with van der Waals surface area (Å²) in [5.74, 6) is -0.628. The number of aromatic nitrogens is 1. The maximum atomic E-state index is 14.1. The molecule has 2 aliphatic heterocycles. The molecule has 0 saturated carbocycles. The van der Waals surface area contributed by atoms with Crippen LogP contribution in [0.5, 0.6) is 0 Å². The number of hydrogen-bond donors (Lipinski definition) is 2. The van der Waals surface area contributed by atoms with E-state index in [0.29, 0.717) is 12.1 Å². The van der Waals surface area contributed by atoms with Crippen LogP contribution in [0.1, 0.15) is 59.1 Å². The Morgan fingerprint density at radius 3 is 2.58 bits per heavy atom. The van der Waals surface area contributed by atoms with Crippen molar-refractivity contribution in [3.63, 3.8) is 0 Å². The number of pyridine rings is 1. The number of benzene rings is 1. The number of para-hydroxylation sites is 1. The number of nitriles is 1. The number of likely N-dealkylation sites (tertiary alicyclic amines) is 1. The summed E-state index contributed by atoms with van der Waals surface area (Å²) in [7, 11) is 0. The minimum atomic E-state index is -1.03. The molecule has 0 aliphatic carbocycles. The molecule has 1 spiro atoms. The van der Waals surface area contributed by atoms with E-state index in [4.69, 9.17) is 4.74 Å². The molecule has 1 unspecified atom stereocenters. The molecule has 2 aliphatic rings. The number of hydrogen-bond acceptors (Lipinski definition) is 6. The van der Waals surface area contributed by atoms with E-state index in [1.54, 1.807) is 32.9 Å². The highest BCUT2D eigenvalue weighted by Crippen LogP contribution is 2.46. The summed E-state index contributed by atoms with van der Waals surface area (Å²) >= 11 is 0. The minimum Gasteiger partial charge on any atom is -0.444 e. The average molecular weight is 520 g/mol. The smallest absolute Gasteiger partial charge is 0.412 e. The Morgan fingerprint density at radius 1 is 1.21 bits per heavy atom. The van der Waals surface area contributed by atoms with Crippen molar-refractivity contribution < 1.29 is 19.1 Å². The molecule has 1 aromatic carbocycles. The fraction of sp³-hybridized carbons (Fsp3) is 0.464. The van der Waals surface area contributed by atoms with Crippen LogP contribution >= 0.6 is 0 Å². The Morgan fingerprint density at radius 2 is 1.92 bits per heavy atom. The Hall–Kier alpha value is -4.13. The Labute approximate surface area is 221 Å². The zero-order chi connectivity index (χ0) is 27.8. The van der Waals surface area contributed by atoms with Crippen LogP contribution in [0.25, 0.3) is 0 Å². The molecule has 38 heavy (non-hydrogen) atoms. The normalized spacial score (nSPS) is 21.1. The summed E-state index contributed by atoms with van der Waals surface area (Å²) in [5.41, 5.74) is -0.927. The molecule has 0 radical (unpaired) electrons. The SMILES string of the molecule is CC(C)CC(C(=O)N1C[C@]2(C[C@H]1C#N)C(=O)Nc1ccccc12)n1cccc(NC(=O)OC(C)(C)C)c1=O. The van der Waals surface area contributed by atoms with Crippen molar-refractivity contribution in [2.75, 3.05) is 17.2 Å². The molecular weight excluding hydrogens is 486 g/mol. The number of nitrogens with zero attached hydrogens (tertiary/aromatic N) is 3. The minimum absolute atomic E-state index is 0.0258. The molecule has 4 rings (SSSR count). The number of nitrogens with one attached hydrogen (secondary N) is 2. The predicted octanol–water partition coefficient (Wildman–Crippen LogP) is 3.80. The van der Waals surface area contributed by atoms with E-state index in [9.17, 15) is 24.4 Å². The Bertz CT molecular complexity index is 1370. The highest BCUT2D eigenvalue weighted by molar-refractivity contribution is 6.07. The van der Waals surface area contributed by atoms with Gasteiger partial charge in [-0.2, -0.15) is 5.26 Å². The second-order valence-corrected chi connectivity index (χ2v) is 11.3. The third-order valence-corrected chi connectivity index (χ3v) is 6.84. The van der Waals surface area contributed by atoms with Crippen molar-refractivity contribution in [2.24, 2.45) is 5.92 Å². The van der Waals surface area contributed by atoms with Gasteiger partial charge in [0.2, 0.25) is 11.8 Å². The average Bonchev–Trinajstić information content (AvgIpc) is 3.36. The van der Waals surface area contributed by atoms with Crippen molar-refractivity contribution in [3.05, 3.63) is 58.5 Å². The lowest BCUT2D eigenvalue weighted by atomic mass is 9.80. The highest BCUT2D eigenvalue weighted by Gasteiger charge is 2.56. The van der Waals surface area contributed by atoms with E-state index in [0.717, 1.165) is 5.56 Å². The molecule has 1 saturated heterocycles. The van der Waals surface area contributed by atoms with Gasteiger partial charge in [-0.1, -0.05) is 32.0 Å². The van der Waals surface area contributed by atoms with Crippen LogP contribution in [-0.2, 0) is 19.7 Å². The number of ether oxygens (including phenoxy) is 1. The van der Waals surface area contributed by atoms with Gasteiger partial charge < -0.3 is 19.5 Å². The molecular formula is C28H33N5O5. The number of amides is 3. The van der Waals surface area contributed by atoms with Crippen molar-refractivity contribution in [1.82, 2.24) is 9.47 Å². The van der Waals surface area contributed by atoms with Crippen LogP contribution in [0.4, 0.5) is 16.2 Å². The largest absolute Gasteiger partial charge is 0.444 e. The van der Waals surface area contributed by atoms with E-state index in [1.165, 1.54) is 21.7 Å². The Balaban J connectivity index is 1.68. The molecule has 10 nitrogen and oxygen atoms in total. The lowest BCUT2D eigenvalue weighted by molar-refractivity contribution is -0.135. The zero-order valence-electron chi connectivity index (χ0n) is 22.3. The van der Waals surface area contributed by atoms with Crippen LogP contribution in [0.15, 0.2) is 47.4 Å². The van der Waals surface area contributed by atoms with Gasteiger partial charge in [0.15, 0.2) is 0 Å². The fourth-order valence-corrected chi connectivity index (χ4v) is 5.22. The van der Waals surface area contributed by atoms with Gasteiger partial charge in [0.25, 0.3) is 5.56 Å². The summed E-state index contributed by atoms with van der Waals surface area (Å²) in [6.07, 6.45) is 1.20. The first-order valence-electron chi connectivity index (χ1n) is 12.7. The van der Waals surface area contributed by atoms with E-state index in [2.05, 4.69) is 16.7 Å². The summed E-state index contributed by atoms with van der Waals surface area (Å²) in [6, 6.07) is 10.7. The molecule has 1 aromatic heterocycles. The topological polar surface area (TPSA) is 134 Å². The highest BCUT2D eigenvalue weighted by atomic mass is 16.6. The number of anilines is 2. The van der Waals surface area contributed by atoms with Crippen LogP contribution in [-0.4, -0.2) is 45.6 Å². The van der Waals surface area contributed by atoms with E-state index in [1.807, 2.05) is 32.0 Å². The first-order valence-corrected chi connectivity index (χ1v) is 12.7.